The third-order valence-corrected chi connectivity index (χ3v) is 3.21. The summed E-state index contributed by atoms with van der Waals surface area (Å²) in [6.45, 7) is 7.48. The van der Waals surface area contributed by atoms with Gasteiger partial charge in [0.25, 0.3) is 0 Å². The molecule has 4 nitrogen and oxygen atoms in total. The van der Waals surface area contributed by atoms with E-state index in [0.717, 1.165) is 32.5 Å². The van der Waals surface area contributed by atoms with Gasteiger partial charge in [0.05, 0.1) is 0 Å². The number of nitrogens with one attached hydrogen (secondary N) is 1. The number of carbonyl (C=O) groups is 1. The largest absolute Gasteiger partial charge is 0.481 e. The smallest absolute Gasteiger partial charge is 0.303 e. The van der Waals surface area contributed by atoms with Crippen molar-refractivity contribution < 1.29 is 9.90 Å². The minimum absolute atomic E-state index is 0.270. The quantitative estimate of drug-likeness (QED) is 0.714. The number of carboxylic acids is 1. The van der Waals surface area contributed by atoms with Crippen molar-refractivity contribution in [1.82, 2.24) is 10.2 Å². The van der Waals surface area contributed by atoms with Crippen LogP contribution < -0.4 is 5.32 Å². The van der Waals surface area contributed by atoms with Crippen LogP contribution in [0.25, 0.3) is 0 Å². The van der Waals surface area contributed by atoms with Crippen LogP contribution in [0.2, 0.25) is 0 Å². The Balaban J connectivity index is 2.32. The number of hydrogen-bond acceptors (Lipinski definition) is 3. The molecule has 1 heterocycles. The third-order valence-electron chi connectivity index (χ3n) is 3.21. The molecular formula is C11H22N2O2. The highest BCUT2D eigenvalue weighted by Crippen LogP contribution is 2.10. The summed E-state index contributed by atoms with van der Waals surface area (Å²) >= 11 is 0. The van der Waals surface area contributed by atoms with E-state index in [4.69, 9.17) is 5.11 Å². The fraction of sp³-hybridized carbons (Fsp3) is 0.909. The molecular weight excluding hydrogens is 192 g/mol. The van der Waals surface area contributed by atoms with E-state index in [2.05, 4.69) is 24.1 Å². The lowest BCUT2D eigenvalue weighted by atomic mass is 10.1. The lowest BCUT2D eigenvalue weighted by Crippen LogP contribution is -2.53. The van der Waals surface area contributed by atoms with Gasteiger partial charge in [0, 0.05) is 38.1 Å². The minimum Gasteiger partial charge on any atom is -0.481 e. The maximum absolute atomic E-state index is 10.5. The van der Waals surface area contributed by atoms with Gasteiger partial charge in [-0.25, -0.2) is 0 Å². The van der Waals surface area contributed by atoms with E-state index in [1.54, 1.807) is 0 Å². The van der Waals surface area contributed by atoms with Crippen LogP contribution in [0.15, 0.2) is 0 Å². The van der Waals surface area contributed by atoms with E-state index >= 15 is 0 Å². The van der Waals surface area contributed by atoms with Crippen LogP contribution in [0.4, 0.5) is 0 Å². The highest BCUT2D eigenvalue weighted by atomic mass is 16.4. The molecule has 15 heavy (non-hydrogen) atoms. The van der Waals surface area contributed by atoms with Crippen LogP contribution in [0.3, 0.4) is 0 Å². The van der Waals surface area contributed by atoms with Crippen molar-refractivity contribution in [2.75, 3.05) is 19.6 Å². The first-order valence-corrected chi connectivity index (χ1v) is 5.82. The number of nitrogens with zero attached hydrogens (tertiary/aromatic N) is 1. The molecule has 1 aliphatic rings. The number of carboxylic acid groups (broad SMARTS) is 1. The van der Waals surface area contributed by atoms with E-state index in [1.807, 2.05) is 0 Å². The first kappa shape index (κ1) is 12.5. The van der Waals surface area contributed by atoms with Gasteiger partial charge in [0.1, 0.15) is 0 Å². The molecule has 1 aliphatic heterocycles. The van der Waals surface area contributed by atoms with Gasteiger partial charge in [0.2, 0.25) is 0 Å². The summed E-state index contributed by atoms with van der Waals surface area (Å²) in [6.07, 6.45) is 2.17. The van der Waals surface area contributed by atoms with E-state index in [1.165, 1.54) is 0 Å². The highest BCUT2D eigenvalue weighted by Gasteiger charge is 2.22. The average molecular weight is 214 g/mol. The molecule has 0 aromatic rings. The normalized spacial score (nSPS) is 25.1. The van der Waals surface area contributed by atoms with Crippen molar-refractivity contribution in [3.05, 3.63) is 0 Å². The van der Waals surface area contributed by atoms with Crippen LogP contribution in [0, 0.1) is 0 Å². The van der Waals surface area contributed by atoms with E-state index < -0.39 is 5.97 Å². The molecule has 0 aromatic carbocycles. The summed E-state index contributed by atoms with van der Waals surface area (Å²) in [5, 5.41) is 12.0. The van der Waals surface area contributed by atoms with Gasteiger partial charge in [-0.2, -0.15) is 0 Å². The summed E-state index contributed by atoms with van der Waals surface area (Å²) in [6, 6.07) is 0.961. The SMILES string of the molecule is CCC(C)N1CCNC(CCC(=O)O)C1. The van der Waals surface area contributed by atoms with Crippen LogP contribution in [0.1, 0.15) is 33.1 Å². The fourth-order valence-corrected chi connectivity index (χ4v) is 2.00. The zero-order valence-electron chi connectivity index (χ0n) is 9.70. The fourth-order valence-electron chi connectivity index (χ4n) is 2.00. The summed E-state index contributed by atoms with van der Waals surface area (Å²) in [5.74, 6) is -0.697. The first-order chi connectivity index (χ1) is 7.13. The van der Waals surface area contributed by atoms with Crippen LogP contribution in [-0.2, 0) is 4.79 Å². The molecule has 0 spiro atoms. The van der Waals surface area contributed by atoms with Gasteiger partial charge in [-0.1, -0.05) is 6.92 Å². The van der Waals surface area contributed by atoms with Crippen LogP contribution in [-0.4, -0.2) is 47.7 Å². The summed E-state index contributed by atoms with van der Waals surface area (Å²) in [4.78, 5) is 12.9. The van der Waals surface area contributed by atoms with Crippen LogP contribution >= 0.6 is 0 Å². The van der Waals surface area contributed by atoms with E-state index in [9.17, 15) is 4.79 Å². The number of rotatable bonds is 5. The number of aliphatic carboxylic acids is 1. The van der Waals surface area contributed by atoms with Crippen molar-refractivity contribution >= 4 is 5.97 Å². The van der Waals surface area contributed by atoms with Gasteiger partial charge >= 0.3 is 5.97 Å². The Kier molecular flexibility index (Phi) is 5.05. The van der Waals surface area contributed by atoms with Gasteiger partial charge in [-0.3, -0.25) is 9.69 Å². The zero-order valence-corrected chi connectivity index (χ0v) is 9.70. The minimum atomic E-state index is -0.697. The molecule has 2 atom stereocenters. The van der Waals surface area contributed by atoms with Crippen LogP contribution in [0.5, 0.6) is 0 Å². The lowest BCUT2D eigenvalue weighted by molar-refractivity contribution is -0.137. The molecule has 0 amide bonds. The van der Waals surface area contributed by atoms with Crippen molar-refractivity contribution in [1.29, 1.82) is 0 Å². The zero-order chi connectivity index (χ0) is 11.3. The molecule has 88 valence electrons. The molecule has 0 aliphatic carbocycles. The Labute approximate surface area is 91.6 Å². The monoisotopic (exact) mass is 214 g/mol. The van der Waals surface area contributed by atoms with E-state index in [-0.39, 0.29) is 6.42 Å². The molecule has 1 fully saturated rings. The van der Waals surface area contributed by atoms with Crippen molar-refractivity contribution in [3.8, 4) is 0 Å². The highest BCUT2D eigenvalue weighted by molar-refractivity contribution is 5.66. The predicted octanol–water partition coefficient (Wildman–Crippen LogP) is 0.923. The second-order valence-corrected chi connectivity index (χ2v) is 4.34. The van der Waals surface area contributed by atoms with Crippen molar-refractivity contribution in [2.45, 2.75) is 45.2 Å². The average Bonchev–Trinajstić information content (AvgIpc) is 2.25. The number of piperazine rings is 1. The van der Waals surface area contributed by atoms with Gasteiger partial charge < -0.3 is 10.4 Å². The molecule has 2 unspecified atom stereocenters. The Hall–Kier alpha value is -0.610. The Morgan fingerprint density at radius 2 is 2.40 bits per heavy atom. The van der Waals surface area contributed by atoms with Crippen molar-refractivity contribution in [2.24, 2.45) is 0 Å². The maximum atomic E-state index is 10.5. The maximum Gasteiger partial charge on any atom is 0.303 e. The lowest BCUT2D eigenvalue weighted by Gasteiger charge is -2.37. The molecule has 0 radical (unpaired) electrons. The van der Waals surface area contributed by atoms with Crippen molar-refractivity contribution in [3.63, 3.8) is 0 Å². The van der Waals surface area contributed by atoms with Gasteiger partial charge in [-0.15, -0.1) is 0 Å². The third kappa shape index (κ3) is 4.18. The second-order valence-electron chi connectivity index (χ2n) is 4.34. The first-order valence-electron chi connectivity index (χ1n) is 5.82. The molecule has 2 N–H and O–H groups in total. The molecule has 0 bridgehead atoms. The molecule has 0 aromatic heterocycles. The Morgan fingerprint density at radius 1 is 1.67 bits per heavy atom. The number of hydrogen-bond donors (Lipinski definition) is 2. The van der Waals surface area contributed by atoms with Gasteiger partial charge in [-0.05, 0) is 19.8 Å². The van der Waals surface area contributed by atoms with Gasteiger partial charge in [0.15, 0.2) is 0 Å². The summed E-state index contributed by atoms with van der Waals surface area (Å²) in [7, 11) is 0. The standard InChI is InChI=1S/C11H22N2O2/c1-3-9(2)13-7-6-12-10(8-13)4-5-11(14)15/h9-10,12H,3-8H2,1-2H3,(H,14,15). The summed E-state index contributed by atoms with van der Waals surface area (Å²) < 4.78 is 0. The summed E-state index contributed by atoms with van der Waals surface area (Å²) in [5.41, 5.74) is 0. The molecule has 1 saturated heterocycles. The molecule has 1 rings (SSSR count). The predicted molar refractivity (Wildman–Crippen MR) is 60.0 cm³/mol. The second kappa shape index (κ2) is 6.08. The molecule has 4 heteroatoms. The topological polar surface area (TPSA) is 52.6 Å². The molecule has 0 saturated carbocycles. The van der Waals surface area contributed by atoms with E-state index in [0.29, 0.717) is 12.1 Å². The Bertz CT molecular complexity index is 209. The Morgan fingerprint density at radius 3 is 3.00 bits per heavy atom.